The zero-order valence-electron chi connectivity index (χ0n) is 11.7. The van der Waals surface area contributed by atoms with Crippen LogP contribution in [0.5, 0.6) is 5.75 Å². The second-order valence-corrected chi connectivity index (χ2v) is 5.28. The van der Waals surface area contributed by atoms with E-state index in [4.69, 9.17) is 10.1 Å². The summed E-state index contributed by atoms with van der Waals surface area (Å²) < 4.78 is 43.5. The van der Waals surface area contributed by atoms with E-state index in [1.807, 2.05) is 6.07 Å². The summed E-state index contributed by atoms with van der Waals surface area (Å²) in [5.41, 5.74) is 2.37. The number of fused-ring (bicyclic) bond motifs is 1. The van der Waals surface area contributed by atoms with E-state index in [1.54, 1.807) is 18.2 Å². The van der Waals surface area contributed by atoms with Gasteiger partial charge in [-0.2, -0.15) is 13.2 Å². The van der Waals surface area contributed by atoms with Crippen molar-refractivity contribution in [3.8, 4) is 5.75 Å². The molecule has 1 N–H and O–H groups in total. The van der Waals surface area contributed by atoms with Crippen molar-refractivity contribution in [2.75, 3.05) is 0 Å². The first-order chi connectivity index (χ1) is 10.4. The maximum atomic E-state index is 12.7. The highest BCUT2D eigenvalue weighted by atomic mass is 19.4. The quantitative estimate of drug-likeness (QED) is 0.883. The molecule has 5 heteroatoms. The molecule has 2 nitrogen and oxygen atoms in total. The van der Waals surface area contributed by atoms with Crippen molar-refractivity contribution >= 4 is 5.71 Å². The molecule has 114 valence electrons. The van der Waals surface area contributed by atoms with E-state index < -0.39 is 11.7 Å². The van der Waals surface area contributed by atoms with Gasteiger partial charge in [0, 0.05) is 11.3 Å². The molecule has 1 aliphatic carbocycles. The van der Waals surface area contributed by atoms with Gasteiger partial charge in [0.25, 0.3) is 0 Å². The highest BCUT2D eigenvalue weighted by Gasteiger charge is 2.30. The molecule has 3 rings (SSSR count). The number of aryl methyl sites for hydroxylation is 1. The van der Waals surface area contributed by atoms with Crippen LogP contribution in [0.4, 0.5) is 13.2 Å². The third-order valence-corrected chi connectivity index (χ3v) is 3.71. The number of halogens is 3. The summed E-state index contributed by atoms with van der Waals surface area (Å²) in [5, 5.41) is 7.84. The fraction of sp³-hybridized carbons (Fsp3) is 0.235. The Morgan fingerprint density at radius 3 is 2.64 bits per heavy atom. The number of nitrogens with one attached hydrogen (secondary N) is 1. The van der Waals surface area contributed by atoms with Crippen molar-refractivity contribution in [2.24, 2.45) is 0 Å². The second kappa shape index (κ2) is 5.48. The minimum Gasteiger partial charge on any atom is -0.489 e. The average Bonchev–Trinajstić information content (AvgIpc) is 2.86. The van der Waals surface area contributed by atoms with E-state index in [-0.39, 0.29) is 6.61 Å². The topological polar surface area (TPSA) is 33.1 Å². The predicted octanol–water partition coefficient (Wildman–Crippen LogP) is 4.60. The van der Waals surface area contributed by atoms with E-state index in [0.29, 0.717) is 17.0 Å². The van der Waals surface area contributed by atoms with Gasteiger partial charge in [-0.15, -0.1) is 0 Å². The lowest BCUT2D eigenvalue weighted by Gasteiger charge is -2.11. The standard InChI is InChI=1S/C17H14F3NO/c18-17(19,20)13-3-1-2-11(8-13)10-22-14-6-4-12-5-7-16(21)15(12)9-14/h1-4,6,8-9,21H,5,7,10H2. The first kappa shape index (κ1) is 14.6. The number of ether oxygens (including phenoxy) is 1. The number of alkyl halides is 3. The van der Waals surface area contributed by atoms with E-state index in [1.165, 1.54) is 6.07 Å². The Bertz CT molecular complexity index is 722. The fourth-order valence-corrected chi connectivity index (χ4v) is 2.54. The highest BCUT2D eigenvalue weighted by molar-refractivity contribution is 6.02. The van der Waals surface area contributed by atoms with Crippen LogP contribution in [0.3, 0.4) is 0 Å². The van der Waals surface area contributed by atoms with Crippen LogP contribution in [0, 0.1) is 5.41 Å². The maximum Gasteiger partial charge on any atom is 0.416 e. The van der Waals surface area contributed by atoms with Crippen LogP contribution < -0.4 is 4.74 Å². The Labute approximate surface area is 126 Å². The Morgan fingerprint density at radius 2 is 1.86 bits per heavy atom. The van der Waals surface area contributed by atoms with Gasteiger partial charge < -0.3 is 10.1 Å². The smallest absolute Gasteiger partial charge is 0.416 e. The molecular formula is C17H14F3NO. The van der Waals surface area contributed by atoms with Crippen molar-refractivity contribution in [3.63, 3.8) is 0 Å². The van der Waals surface area contributed by atoms with E-state index in [0.717, 1.165) is 36.1 Å². The van der Waals surface area contributed by atoms with Crippen LogP contribution >= 0.6 is 0 Å². The molecule has 0 fully saturated rings. The first-order valence-corrected chi connectivity index (χ1v) is 6.93. The number of benzene rings is 2. The van der Waals surface area contributed by atoms with Gasteiger partial charge in [0.15, 0.2) is 0 Å². The minimum absolute atomic E-state index is 0.0655. The largest absolute Gasteiger partial charge is 0.489 e. The Kier molecular flexibility index (Phi) is 3.64. The summed E-state index contributed by atoms with van der Waals surface area (Å²) in [7, 11) is 0. The van der Waals surface area contributed by atoms with Gasteiger partial charge in [-0.25, -0.2) is 0 Å². The molecule has 0 aliphatic heterocycles. The van der Waals surface area contributed by atoms with Crippen molar-refractivity contribution in [1.82, 2.24) is 0 Å². The van der Waals surface area contributed by atoms with Gasteiger partial charge in [0.05, 0.1) is 5.56 Å². The van der Waals surface area contributed by atoms with Crippen LogP contribution in [0.25, 0.3) is 0 Å². The van der Waals surface area contributed by atoms with Gasteiger partial charge in [-0.05, 0) is 48.2 Å². The molecule has 0 unspecified atom stereocenters. The Balaban J connectivity index is 1.73. The third kappa shape index (κ3) is 2.98. The lowest BCUT2D eigenvalue weighted by Crippen LogP contribution is -2.06. The van der Waals surface area contributed by atoms with Crippen LogP contribution in [-0.2, 0) is 19.2 Å². The Hall–Kier alpha value is -2.30. The van der Waals surface area contributed by atoms with Crippen LogP contribution in [-0.4, -0.2) is 5.71 Å². The summed E-state index contributed by atoms with van der Waals surface area (Å²) in [4.78, 5) is 0. The fourth-order valence-electron chi connectivity index (χ4n) is 2.54. The van der Waals surface area contributed by atoms with Gasteiger partial charge in [-0.1, -0.05) is 18.2 Å². The van der Waals surface area contributed by atoms with Gasteiger partial charge in [0.2, 0.25) is 0 Å². The number of rotatable bonds is 3. The van der Waals surface area contributed by atoms with E-state index in [9.17, 15) is 13.2 Å². The van der Waals surface area contributed by atoms with Crippen molar-refractivity contribution in [2.45, 2.75) is 25.6 Å². The van der Waals surface area contributed by atoms with E-state index in [2.05, 4.69) is 0 Å². The summed E-state index contributed by atoms with van der Waals surface area (Å²) in [6, 6.07) is 10.6. The van der Waals surface area contributed by atoms with Crippen molar-refractivity contribution in [3.05, 3.63) is 64.7 Å². The SMILES string of the molecule is N=C1CCc2ccc(OCc3cccc(C(F)(F)F)c3)cc21. The lowest BCUT2D eigenvalue weighted by atomic mass is 10.1. The molecule has 0 radical (unpaired) electrons. The molecular weight excluding hydrogens is 291 g/mol. The zero-order valence-corrected chi connectivity index (χ0v) is 11.7. The van der Waals surface area contributed by atoms with Crippen LogP contribution in [0.2, 0.25) is 0 Å². The summed E-state index contributed by atoms with van der Waals surface area (Å²) in [6.45, 7) is 0.0655. The summed E-state index contributed by atoms with van der Waals surface area (Å²) in [6.07, 6.45) is -2.76. The molecule has 22 heavy (non-hydrogen) atoms. The summed E-state index contributed by atoms with van der Waals surface area (Å²) >= 11 is 0. The van der Waals surface area contributed by atoms with Crippen LogP contribution in [0.1, 0.15) is 28.7 Å². The van der Waals surface area contributed by atoms with Gasteiger partial charge in [0.1, 0.15) is 12.4 Å². The molecule has 0 saturated carbocycles. The molecule has 0 heterocycles. The molecule has 0 atom stereocenters. The molecule has 2 aromatic carbocycles. The first-order valence-electron chi connectivity index (χ1n) is 6.93. The van der Waals surface area contributed by atoms with Gasteiger partial charge in [-0.3, -0.25) is 0 Å². The van der Waals surface area contributed by atoms with Crippen LogP contribution in [0.15, 0.2) is 42.5 Å². The molecule has 0 amide bonds. The minimum atomic E-state index is -4.35. The summed E-state index contributed by atoms with van der Waals surface area (Å²) in [5.74, 6) is 0.572. The van der Waals surface area contributed by atoms with Crippen molar-refractivity contribution in [1.29, 1.82) is 5.41 Å². The Morgan fingerprint density at radius 1 is 1.05 bits per heavy atom. The molecule has 2 aromatic rings. The normalized spacial score (nSPS) is 14.0. The number of hydrogen-bond donors (Lipinski definition) is 1. The monoisotopic (exact) mass is 305 g/mol. The lowest BCUT2D eigenvalue weighted by molar-refractivity contribution is -0.137. The molecule has 1 aliphatic rings. The predicted molar refractivity (Wildman–Crippen MR) is 77.4 cm³/mol. The second-order valence-electron chi connectivity index (χ2n) is 5.28. The zero-order chi connectivity index (χ0) is 15.7. The molecule has 0 saturated heterocycles. The molecule has 0 bridgehead atoms. The maximum absolute atomic E-state index is 12.7. The average molecular weight is 305 g/mol. The van der Waals surface area contributed by atoms with Crippen molar-refractivity contribution < 1.29 is 17.9 Å². The number of hydrogen-bond acceptors (Lipinski definition) is 2. The highest BCUT2D eigenvalue weighted by Crippen LogP contribution is 2.30. The van der Waals surface area contributed by atoms with E-state index >= 15 is 0 Å². The molecule has 0 aromatic heterocycles. The third-order valence-electron chi connectivity index (χ3n) is 3.71. The molecule has 0 spiro atoms. The van der Waals surface area contributed by atoms with Gasteiger partial charge >= 0.3 is 6.18 Å².